The van der Waals surface area contributed by atoms with Crippen LogP contribution in [0.15, 0.2) is 41.1 Å². The summed E-state index contributed by atoms with van der Waals surface area (Å²) < 4.78 is 37.0. The molecule has 2 aromatic heterocycles. The Bertz CT molecular complexity index is 817. The zero-order chi connectivity index (χ0) is 14.8. The molecular formula is C14H9F2N3O2. The number of fused-ring (bicyclic) bond motifs is 1. The summed E-state index contributed by atoms with van der Waals surface area (Å²) in [6.45, 7) is -2.88. The van der Waals surface area contributed by atoms with Crippen molar-refractivity contribution in [3.8, 4) is 11.8 Å². The van der Waals surface area contributed by atoms with Crippen LogP contribution in [-0.2, 0) is 6.61 Å². The average Bonchev–Trinajstić information content (AvgIpc) is 3.09. The third kappa shape index (κ3) is 2.31. The Balaban J connectivity index is 1.92. The number of hydrogen-bond donors (Lipinski definition) is 0. The summed E-state index contributed by atoms with van der Waals surface area (Å²) in [6.07, 6.45) is 2.44. The molecule has 0 saturated heterocycles. The van der Waals surface area contributed by atoms with Crippen LogP contribution in [0.2, 0.25) is 0 Å². The number of halogens is 2. The van der Waals surface area contributed by atoms with Crippen LogP contribution in [0.4, 0.5) is 8.78 Å². The molecule has 21 heavy (non-hydrogen) atoms. The van der Waals surface area contributed by atoms with E-state index in [4.69, 9.17) is 14.4 Å². The lowest BCUT2D eigenvalue weighted by molar-refractivity contribution is 0.0632. The van der Waals surface area contributed by atoms with E-state index in [1.165, 1.54) is 12.4 Å². The smallest absolute Gasteiger partial charge is 0.320 e. The quantitative estimate of drug-likeness (QED) is 0.737. The van der Waals surface area contributed by atoms with Crippen LogP contribution in [0.1, 0.15) is 18.1 Å². The maximum absolute atomic E-state index is 12.7. The Morgan fingerprint density at radius 3 is 2.95 bits per heavy atom. The van der Waals surface area contributed by atoms with E-state index in [0.29, 0.717) is 15.5 Å². The van der Waals surface area contributed by atoms with E-state index in [1.54, 1.807) is 24.3 Å². The third-order valence-electron chi connectivity index (χ3n) is 2.96. The number of furan rings is 1. The van der Waals surface area contributed by atoms with E-state index in [0.717, 1.165) is 0 Å². The molecule has 0 amide bonds. The highest BCUT2D eigenvalue weighted by atomic mass is 19.3. The molecule has 0 aliphatic heterocycles. The average molecular weight is 289 g/mol. The van der Waals surface area contributed by atoms with Gasteiger partial charge in [0.25, 0.3) is 0 Å². The van der Waals surface area contributed by atoms with Gasteiger partial charge in [0.1, 0.15) is 18.3 Å². The van der Waals surface area contributed by atoms with Gasteiger partial charge in [-0.25, -0.2) is 4.98 Å². The van der Waals surface area contributed by atoms with Crippen LogP contribution >= 0.6 is 0 Å². The molecule has 2 heterocycles. The summed E-state index contributed by atoms with van der Waals surface area (Å²) in [6, 6.07) is 8.85. The third-order valence-corrected chi connectivity index (χ3v) is 2.96. The predicted molar refractivity (Wildman–Crippen MR) is 68.7 cm³/mol. The molecule has 0 aliphatic carbocycles. The lowest BCUT2D eigenvalue weighted by atomic mass is 10.2. The number of ether oxygens (including phenoxy) is 1. The summed E-state index contributed by atoms with van der Waals surface area (Å²) in [5.74, 6) is 0.308. The highest BCUT2D eigenvalue weighted by Gasteiger charge is 2.17. The maximum atomic E-state index is 12.7. The maximum Gasteiger partial charge on any atom is 0.320 e. The van der Waals surface area contributed by atoms with Gasteiger partial charge >= 0.3 is 6.55 Å². The molecule has 0 N–H and O–H groups in total. The first-order chi connectivity index (χ1) is 10.2. The Morgan fingerprint density at radius 1 is 1.38 bits per heavy atom. The summed E-state index contributed by atoms with van der Waals surface area (Å²) >= 11 is 0. The first-order valence-electron chi connectivity index (χ1n) is 6.05. The number of nitrogens with zero attached hydrogens (tertiary/aromatic N) is 3. The summed E-state index contributed by atoms with van der Waals surface area (Å²) in [7, 11) is 0. The van der Waals surface area contributed by atoms with Gasteiger partial charge in [0.15, 0.2) is 11.6 Å². The Hall–Kier alpha value is -2.88. The van der Waals surface area contributed by atoms with E-state index in [9.17, 15) is 8.78 Å². The van der Waals surface area contributed by atoms with Crippen molar-refractivity contribution in [3.63, 3.8) is 0 Å². The zero-order valence-corrected chi connectivity index (χ0v) is 10.7. The van der Waals surface area contributed by atoms with Crippen molar-refractivity contribution in [2.75, 3.05) is 0 Å². The second-order valence-electron chi connectivity index (χ2n) is 4.19. The van der Waals surface area contributed by atoms with Crippen molar-refractivity contribution >= 4 is 11.0 Å². The fourth-order valence-electron chi connectivity index (χ4n) is 2.01. The molecule has 3 aromatic rings. The van der Waals surface area contributed by atoms with Crippen LogP contribution in [-0.4, -0.2) is 9.55 Å². The topological polar surface area (TPSA) is 64.0 Å². The second-order valence-corrected chi connectivity index (χ2v) is 4.19. The van der Waals surface area contributed by atoms with Gasteiger partial charge in [-0.05, 0) is 12.1 Å². The molecular weight excluding hydrogens is 280 g/mol. The molecule has 5 nitrogen and oxygen atoms in total. The number of benzene rings is 1. The van der Waals surface area contributed by atoms with E-state index >= 15 is 0 Å². The fraction of sp³-hybridized carbons (Fsp3) is 0.143. The van der Waals surface area contributed by atoms with Crippen LogP contribution in [0.25, 0.3) is 11.0 Å². The molecule has 0 radical (unpaired) electrons. The summed E-state index contributed by atoms with van der Waals surface area (Å²) in [5, 5.41) is 9.67. The normalized spacial score (nSPS) is 11.0. The van der Waals surface area contributed by atoms with Crippen molar-refractivity contribution in [1.29, 1.82) is 5.26 Å². The largest absolute Gasteiger partial charge is 0.480 e. The zero-order valence-electron chi connectivity index (χ0n) is 10.7. The summed E-state index contributed by atoms with van der Waals surface area (Å²) in [4.78, 5) is 3.82. The van der Waals surface area contributed by atoms with Gasteiger partial charge in [-0.2, -0.15) is 14.0 Å². The van der Waals surface area contributed by atoms with E-state index in [2.05, 4.69) is 4.98 Å². The molecule has 7 heteroatoms. The molecule has 0 saturated carbocycles. The number of rotatable bonds is 4. The van der Waals surface area contributed by atoms with Crippen molar-refractivity contribution in [2.45, 2.75) is 13.2 Å². The van der Waals surface area contributed by atoms with Gasteiger partial charge in [0.05, 0.1) is 5.39 Å². The van der Waals surface area contributed by atoms with Crippen molar-refractivity contribution < 1.29 is 17.9 Å². The van der Waals surface area contributed by atoms with Gasteiger partial charge in [-0.15, -0.1) is 0 Å². The van der Waals surface area contributed by atoms with Crippen LogP contribution < -0.4 is 4.74 Å². The fourth-order valence-corrected chi connectivity index (χ4v) is 2.01. The van der Waals surface area contributed by atoms with Crippen LogP contribution in [0.3, 0.4) is 0 Å². The summed E-state index contributed by atoms with van der Waals surface area (Å²) in [5.41, 5.74) is 0.501. The Labute approximate surface area is 118 Å². The number of imidazole rings is 1. The van der Waals surface area contributed by atoms with Crippen molar-refractivity contribution in [1.82, 2.24) is 9.55 Å². The minimum atomic E-state index is -2.69. The number of para-hydroxylation sites is 1. The van der Waals surface area contributed by atoms with Crippen LogP contribution in [0, 0.1) is 11.3 Å². The number of hydrogen-bond acceptors (Lipinski definition) is 4. The molecule has 0 spiro atoms. The lowest BCUT2D eigenvalue weighted by Crippen LogP contribution is -2.07. The molecule has 1 aromatic carbocycles. The van der Waals surface area contributed by atoms with Crippen molar-refractivity contribution in [2.24, 2.45) is 0 Å². The molecule has 106 valence electrons. The molecule has 3 rings (SSSR count). The van der Waals surface area contributed by atoms with Gasteiger partial charge in [-0.1, -0.05) is 12.1 Å². The van der Waals surface area contributed by atoms with Gasteiger partial charge in [0.2, 0.25) is 5.76 Å². The van der Waals surface area contributed by atoms with E-state index < -0.39 is 6.55 Å². The second kappa shape index (κ2) is 5.25. The van der Waals surface area contributed by atoms with Crippen LogP contribution in [0.5, 0.6) is 5.75 Å². The lowest BCUT2D eigenvalue weighted by Gasteiger charge is -2.07. The Morgan fingerprint density at radius 2 is 2.19 bits per heavy atom. The van der Waals surface area contributed by atoms with Gasteiger partial charge in [0, 0.05) is 12.4 Å². The number of alkyl halides is 2. The molecule has 0 bridgehead atoms. The molecule has 0 atom stereocenters. The molecule has 0 unspecified atom stereocenters. The molecule has 0 aliphatic rings. The highest BCUT2D eigenvalue weighted by molar-refractivity contribution is 5.86. The Kier molecular flexibility index (Phi) is 3.28. The first kappa shape index (κ1) is 13.1. The van der Waals surface area contributed by atoms with Gasteiger partial charge in [-0.3, -0.25) is 4.57 Å². The van der Waals surface area contributed by atoms with Crippen molar-refractivity contribution in [3.05, 3.63) is 48.2 Å². The SMILES string of the molecule is N#Cc1oc2ccccc2c1OCc1nccn1C(F)F. The highest BCUT2D eigenvalue weighted by Crippen LogP contribution is 2.33. The number of aromatic nitrogens is 2. The van der Waals surface area contributed by atoms with E-state index in [-0.39, 0.29) is 23.9 Å². The van der Waals surface area contributed by atoms with E-state index in [1.807, 2.05) is 6.07 Å². The minimum Gasteiger partial charge on any atom is -0.480 e. The minimum absolute atomic E-state index is 0.00588. The van der Waals surface area contributed by atoms with Gasteiger partial charge < -0.3 is 9.15 Å². The predicted octanol–water partition coefficient (Wildman–Crippen LogP) is 3.48. The first-order valence-corrected chi connectivity index (χ1v) is 6.05. The monoisotopic (exact) mass is 289 g/mol. The molecule has 0 fully saturated rings. The standard InChI is InChI=1S/C14H9F2N3O2/c15-14(16)19-6-5-18-12(19)8-20-13-9-3-1-2-4-10(9)21-11(13)7-17/h1-6,14H,8H2. The number of nitriles is 1.